The van der Waals surface area contributed by atoms with Gasteiger partial charge in [-0.3, -0.25) is 9.59 Å². The number of carbonyl (C=O) groups excluding carboxylic acids is 3. The highest BCUT2D eigenvalue weighted by Gasteiger charge is 2.55. The van der Waals surface area contributed by atoms with E-state index in [9.17, 15) is 24.6 Å². The fourth-order valence-corrected chi connectivity index (χ4v) is 9.71. The highest BCUT2D eigenvalue weighted by Crippen LogP contribution is 2.41. The Morgan fingerprint density at radius 1 is 1.10 bits per heavy atom. The summed E-state index contributed by atoms with van der Waals surface area (Å²) in [6.07, 6.45) is -5.61. The van der Waals surface area contributed by atoms with Crippen molar-refractivity contribution in [2.75, 3.05) is 26.4 Å². The molecule has 0 unspecified atom stereocenters. The SMILES string of the molecule is CCC(=O)N=C1[C@H](C)C[C@@]2(C)OC/C(=N/OCc3csc(-c4cccc(N)n4)n3)CC[C@@H]([C@H](O)[C@@H](CC)OC(=O)[C@@](C)(F)C(=O)[C@H](C)[C@H]2O[C@@H]2O[C@H](C)C[C@H](N(C)C)[C@H]2O)[C@H]1C. The summed E-state index contributed by atoms with van der Waals surface area (Å²) in [6.45, 7) is 12.8. The fraction of sp³-hybridized carbons (Fsp3) is 0.705. The largest absolute Gasteiger partial charge is 0.457 e. The molecule has 18 heteroatoms. The van der Waals surface area contributed by atoms with E-state index in [1.165, 1.54) is 18.3 Å². The van der Waals surface area contributed by atoms with Crippen molar-refractivity contribution < 1.29 is 52.8 Å². The van der Waals surface area contributed by atoms with Crippen LogP contribution in [0.5, 0.6) is 0 Å². The van der Waals surface area contributed by atoms with Crippen molar-refractivity contribution in [3.63, 3.8) is 0 Å². The summed E-state index contributed by atoms with van der Waals surface area (Å²) in [5, 5.41) is 30.8. The molecule has 2 bridgehead atoms. The Balaban J connectivity index is 1.64. The number of aliphatic hydroxyl groups is 2. The van der Waals surface area contributed by atoms with E-state index in [0.29, 0.717) is 40.1 Å². The number of nitrogens with zero attached hydrogens (tertiary/aromatic N) is 5. The number of Topliss-reactive ketones (excluding diaryl/α,β-unsaturated/α-hetero) is 1. The second-order valence-electron chi connectivity index (χ2n) is 17.6. The van der Waals surface area contributed by atoms with Gasteiger partial charge in [0.05, 0.1) is 41.9 Å². The van der Waals surface area contributed by atoms with Crippen LogP contribution >= 0.6 is 11.3 Å². The molecule has 3 aliphatic heterocycles. The van der Waals surface area contributed by atoms with Gasteiger partial charge in [-0.1, -0.05) is 45.8 Å². The number of nitrogens with two attached hydrogens (primary N) is 1. The van der Waals surface area contributed by atoms with Gasteiger partial charge in [0.1, 0.15) is 28.7 Å². The molecule has 0 aliphatic carbocycles. The van der Waals surface area contributed by atoms with Gasteiger partial charge in [0, 0.05) is 35.4 Å². The van der Waals surface area contributed by atoms with Crippen LogP contribution < -0.4 is 5.73 Å². The summed E-state index contributed by atoms with van der Waals surface area (Å²) in [6, 6.07) is 4.90. The van der Waals surface area contributed by atoms with E-state index in [2.05, 4.69) is 20.1 Å². The molecule has 0 radical (unpaired) electrons. The Morgan fingerprint density at radius 3 is 2.48 bits per heavy atom. The number of pyridine rings is 1. The highest BCUT2D eigenvalue weighted by molar-refractivity contribution is 7.13. The normalized spacial score (nSPS) is 36.8. The number of nitrogen functional groups attached to an aromatic ring is 1. The minimum absolute atomic E-state index is 0.00262. The lowest BCUT2D eigenvalue weighted by Crippen LogP contribution is -2.60. The average molecular weight is 889 g/mol. The van der Waals surface area contributed by atoms with Gasteiger partial charge in [-0.05, 0) is 90.9 Å². The summed E-state index contributed by atoms with van der Waals surface area (Å²) in [5.41, 5.74) is 3.30. The lowest BCUT2D eigenvalue weighted by atomic mass is 9.72. The second kappa shape index (κ2) is 20.8. The molecule has 2 aromatic rings. The van der Waals surface area contributed by atoms with Gasteiger partial charge in [0.15, 0.2) is 18.7 Å². The Bertz CT molecular complexity index is 1950. The van der Waals surface area contributed by atoms with Gasteiger partial charge in [0.2, 0.25) is 5.91 Å². The lowest BCUT2D eigenvalue weighted by Gasteiger charge is -2.47. The van der Waals surface area contributed by atoms with Crippen LogP contribution in [0.25, 0.3) is 10.7 Å². The van der Waals surface area contributed by atoms with Gasteiger partial charge < -0.3 is 44.6 Å². The molecule has 2 aromatic heterocycles. The van der Waals surface area contributed by atoms with Crippen molar-refractivity contribution in [3.8, 4) is 10.7 Å². The number of halogens is 1. The number of fused-ring (bicyclic) bond motifs is 5. The number of likely N-dealkylation sites (N-methyl/N-ethyl adjacent to an activating group) is 1. The van der Waals surface area contributed by atoms with Crippen LogP contribution in [0.4, 0.5) is 10.2 Å². The number of hydrogen-bond donors (Lipinski definition) is 3. The van der Waals surface area contributed by atoms with E-state index in [1.807, 2.05) is 51.2 Å². The van der Waals surface area contributed by atoms with Gasteiger partial charge in [-0.15, -0.1) is 11.3 Å². The molecule has 3 fully saturated rings. The van der Waals surface area contributed by atoms with Crippen molar-refractivity contribution in [3.05, 3.63) is 29.3 Å². The predicted molar refractivity (Wildman–Crippen MR) is 232 cm³/mol. The third kappa shape index (κ3) is 11.3. The van der Waals surface area contributed by atoms with E-state index < -0.39 is 83.4 Å². The third-order valence-electron chi connectivity index (χ3n) is 12.5. The van der Waals surface area contributed by atoms with Crippen molar-refractivity contribution in [2.45, 2.75) is 155 Å². The molecule has 5 heterocycles. The van der Waals surface area contributed by atoms with Crippen molar-refractivity contribution in [1.82, 2.24) is 14.9 Å². The zero-order chi connectivity index (χ0) is 45.7. The third-order valence-corrected chi connectivity index (χ3v) is 13.4. The number of aromatic nitrogens is 2. The van der Waals surface area contributed by atoms with Gasteiger partial charge in [0.25, 0.3) is 5.67 Å². The van der Waals surface area contributed by atoms with Crippen LogP contribution in [-0.4, -0.2) is 129 Å². The molecule has 16 nitrogen and oxygen atoms in total. The number of aliphatic hydroxyl groups excluding tert-OH is 2. The maximum absolute atomic E-state index is 16.9. The summed E-state index contributed by atoms with van der Waals surface area (Å²) in [4.78, 5) is 62.8. The molecular weight excluding hydrogens is 824 g/mol. The topological polar surface area (TPSA) is 218 Å². The van der Waals surface area contributed by atoms with Crippen LogP contribution in [0, 0.1) is 23.7 Å². The van der Waals surface area contributed by atoms with Crippen LogP contribution in [0.15, 0.2) is 33.7 Å². The van der Waals surface area contributed by atoms with Gasteiger partial charge >= 0.3 is 5.97 Å². The smallest absolute Gasteiger partial charge is 0.351 e. The van der Waals surface area contributed by atoms with E-state index in [4.69, 9.17) is 29.5 Å². The molecule has 62 heavy (non-hydrogen) atoms. The lowest BCUT2D eigenvalue weighted by molar-refractivity contribution is -0.296. The Morgan fingerprint density at radius 2 is 1.82 bits per heavy atom. The summed E-state index contributed by atoms with van der Waals surface area (Å²) < 4.78 is 42.3. The predicted octanol–water partition coefficient (Wildman–Crippen LogP) is 5.33. The minimum Gasteiger partial charge on any atom is -0.457 e. The zero-order valence-corrected chi connectivity index (χ0v) is 38.4. The Labute approximate surface area is 367 Å². The number of esters is 1. The zero-order valence-electron chi connectivity index (χ0n) is 37.6. The molecule has 13 atom stereocenters. The van der Waals surface area contributed by atoms with Gasteiger partial charge in [-0.25, -0.2) is 24.1 Å². The number of carbonyl (C=O) groups is 3. The van der Waals surface area contributed by atoms with Crippen molar-refractivity contribution in [2.24, 2.45) is 33.8 Å². The number of ketones is 1. The maximum Gasteiger partial charge on any atom is 0.351 e. The second-order valence-corrected chi connectivity index (χ2v) is 18.5. The fourth-order valence-electron chi connectivity index (χ4n) is 8.94. The quantitative estimate of drug-likeness (QED) is 0.165. The number of cyclic esters (lactones) is 1. The highest BCUT2D eigenvalue weighted by atomic mass is 32.1. The summed E-state index contributed by atoms with van der Waals surface area (Å²) in [7, 11) is 3.65. The Hall–Kier alpha value is -3.78. The molecule has 5 rings (SSSR count). The van der Waals surface area contributed by atoms with Crippen LogP contribution in [-0.2, 0) is 44.8 Å². The first-order chi connectivity index (χ1) is 29.2. The van der Waals surface area contributed by atoms with E-state index in [0.717, 1.165) is 6.92 Å². The van der Waals surface area contributed by atoms with E-state index >= 15 is 4.39 Å². The minimum atomic E-state index is -3.17. The molecule has 0 aromatic carbocycles. The molecule has 4 N–H and O–H groups in total. The molecular formula is C44H65FN6O10S. The number of anilines is 1. The maximum atomic E-state index is 16.9. The number of rotatable bonds is 9. The molecule has 0 spiro atoms. The first-order valence-electron chi connectivity index (χ1n) is 21.6. The van der Waals surface area contributed by atoms with Gasteiger partial charge in [-0.2, -0.15) is 0 Å². The number of alkyl halides is 1. The number of oxime groups is 1. The first kappa shape index (κ1) is 49.2. The van der Waals surface area contributed by atoms with Crippen LogP contribution in [0.1, 0.15) is 99.6 Å². The molecule has 344 valence electrons. The summed E-state index contributed by atoms with van der Waals surface area (Å²) in [5.74, 6) is -5.84. The molecule has 3 saturated heterocycles. The van der Waals surface area contributed by atoms with E-state index in [1.54, 1.807) is 32.9 Å². The average Bonchev–Trinajstić information content (AvgIpc) is 3.70. The monoisotopic (exact) mass is 888 g/mol. The summed E-state index contributed by atoms with van der Waals surface area (Å²) >= 11 is 1.38. The molecule has 3 aliphatic rings. The number of thiazole rings is 1. The first-order valence-corrected chi connectivity index (χ1v) is 22.5. The molecule has 1 amide bonds. The molecule has 0 saturated carbocycles. The number of hydrogen-bond acceptors (Lipinski definition) is 16. The Kier molecular flexibility index (Phi) is 16.5. The van der Waals surface area contributed by atoms with Crippen molar-refractivity contribution in [1.29, 1.82) is 0 Å². The van der Waals surface area contributed by atoms with Crippen LogP contribution in [0.3, 0.4) is 0 Å². The van der Waals surface area contributed by atoms with Crippen molar-refractivity contribution >= 4 is 46.2 Å². The standard InChI is InChI=1S/C44H65FN6O10S/c1-11-32-36(53)29-17-16-27(50-58-21-28-22-62-40(47-28)30-14-13-15-33(46)48-30)20-57-43(7,19-23(3)35(25(29)5)49-34(52)12-2)39(26(6)38(55)44(8,45)42(56)60-32)61-41-37(54)31(51(9)10)18-24(4)59-41/h13-15,22-26,29,31-32,36-37,39,41,53-54H,11-12,16-21H2,1-10H3,(H2,46,48)/b49-35?,50-27+/t23-,24-,25-,26+,29-,31+,32-,36+,37-,39-,41+,43-,44+/m1/s1. The number of aliphatic imine (C=N–C) groups is 1. The van der Waals surface area contributed by atoms with Crippen LogP contribution in [0.2, 0.25) is 0 Å². The number of amides is 1. The number of ether oxygens (including phenoxy) is 4. The van der Waals surface area contributed by atoms with E-state index in [-0.39, 0.29) is 57.3 Å².